The molecule has 1 unspecified atom stereocenters. The Bertz CT molecular complexity index is 346. The molecule has 0 spiro atoms. The molecule has 0 saturated carbocycles. The molecule has 1 aromatic rings. The topological polar surface area (TPSA) is 17.1 Å². The number of hydrogen-bond donors (Lipinski definition) is 0. The van der Waals surface area contributed by atoms with Gasteiger partial charge in [0.2, 0.25) is 0 Å². The van der Waals surface area contributed by atoms with Crippen molar-refractivity contribution in [1.82, 2.24) is 0 Å². The second kappa shape index (κ2) is 4.18. The Balaban J connectivity index is 2.13. The molecule has 2 heteroatoms. The van der Waals surface area contributed by atoms with Crippen LogP contribution in [-0.4, -0.2) is 11.0 Å². The molecule has 1 aliphatic rings. The second-order valence-corrected chi connectivity index (χ2v) is 4.85. The van der Waals surface area contributed by atoms with E-state index < -0.39 is 0 Å². The molecular weight excluding hydrogens is 192 g/mol. The zero-order chi connectivity index (χ0) is 9.97. The fourth-order valence-corrected chi connectivity index (χ4v) is 3.01. The van der Waals surface area contributed by atoms with Crippen molar-refractivity contribution < 1.29 is 4.79 Å². The number of unbranched alkanes of at least 4 members (excludes halogenated alkanes) is 1. The van der Waals surface area contributed by atoms with Gasteiger partial charge in [-0.05, 0) is 12.5 Å². The van der Waals surface area contributed by atoms with E-state index in [1.807, 2.05) is 24.3 Å². The van der Waals surface area contributed by atoms with E-state index in [-0.39, 0.29) is 5.25 Å². The Kier molecular flexibility index (Phi) is 2.92. The molecule has 0 fully saturated rings. The molecule has 0 amide bonds. The summed E-state index contributed by atoms with van der Waals surface area (Å²) in [5.74, 6) is 0.332. The number of thioether (sulfide) groups is 1. The predicted molar refractivity (Wildman–Crippen MR) is 59.9 cm³/mol. The maximum absolute atomic E-state index is 11.9. The van der Waals surface area contributed by atoms with Gasteiger partial charge >= 0.3 is 0 Å². The fourth-order valence-electron chi connectivity index (χ4n) is 1.73. The minimum atomic E-state index is 0.187. The Morgan fingerprint density at radius 2 is 2.14 bits per heavy atom. The molecule has 74 valence electrons. The fraction of sp³-hybridized carbons (Fsp3) is 0.417. The number of hydrogen-bond acceptors (Lipinski definition) is 2. The molecule has 0 saturated heterocycles. The standard InChI is InChI=1S/C12H14OS/c1-2-3-7-11-12(13)9-6-4-5-8-10(9)14-11/h4-6,8,11H,2-3,7H2,1H3. The van der Waals surface area contributed by atoms with Crippen LogP contribution in [0.4, 0.5) is 0 Å². The van der Waals surface area contributed by atoms with Gasteiger partial charge in [0.25, 0.3) is 0 Å². The van der Waals surface area contributed by atoms with Crippen molar-refractivity contribution in [2.45, 2.75) is 36.3 Å². The number of carbonyl (C=O) groups is 1. The molecule has 1 aromatic carbocycles. The average molecular weight is 206 g/mol. The van der Waals surface area contributed by atoms with Gasteiger partial charge in [0.1, 0.15) is 0 Å². The highest BCUT2D eigenvalue weighted by Crippen LogP contribution is 2.38. The molecular formula is C12H14OS. The summed E-state index contributed by atoms with van der Waals surface area (Å²) < 4.78 is 0. The van der Waals surface area contributed by atoms with Crippen LogP contribution in [0.5, 0.6) is 0 Å². The van der Waals surface area contributed by atoms with Crippen LogP contribution in [0.1, 0.15) is 36.5 Å². The molecule has 1 aliphatic heterocycles. The smallest absolute Gasteiger partial charge is 0.177 e. The zero-order valence-corrected chi connectivity index (χ0v) is 9.14. The third-order valence-corrected chi connectivity index (χ3v) is 3.88. The number of benzene rings is 1. The quantitative estimate of drug-likeness (QED) is 0.752. The number of carbonyl (C=O) groups excluding carboxylic acids is 1. The van der Waals surface area contributed by atoms with Gasteiger partial charge in [0.15, 0.2) is 5.78 Å². The predicted octanol–water partition coefficient (Wildman–Crippen LogP) is 3.53. The lowest BCUT2D eigenvalue weighted by atomic mass is 10.1. The van der Waals surface area contributed by atoms with E-state index >= 15 is 0 Å². The summed E-state index contributed by atoms with van der Waals surface area (Å²) in [6, 6.07) is 7.93. The lowest BCUT2D eigenvalue weighted by Crippen LogP contribution is -2.10. The zero-order valence-electron chi connectivity index (χ0n) is 8.32. The van der Waals surface area contributed by atoms with Gasteiger partial charge < -0.3 is 0 Å². The minimum Gasteiger partial charge on any atom is -0.293 e. The minimum absolute atomic E-state index is 0.187. The third-order valence-electron chi connectivity index (χ3n) is 2.53. The lowest BCUT2D eigenvalue weighted by Gasteiger charge is -2.04. The first-order valence-electron chi connectivity index (χ1n) is 5.13. The summed E-state index contributed by atoms with van der Waals surface area (Å²) in [4.78, 5) is 13.0. The van der Waals surface area contributed by atoms with Crippen molar-refractivity contribution in [2.24, 2.45) is 0 Å². The molecule has 1 heterocycles. The van der Waals surface area contributed by atoms with Gasteiger partial charge in [0, 0.05) is 10.5 Å². The molecule has 0 radical (unpaired) electrons. The van der Waals surface area contributed by atoms with Gasteiger partial charge in [-0.15, -0.1) is 11.8 Å². The lowest BCUT2D eigenvalue weighted by molar-refractivity contribution is 0.0988. The van der Waals surface area contributed by atoms with Crippen molar-refractivity contribution in [2.75, 3.05) is 0 Å². The van der Waals surface area contributed by atoms with Gasteiger partial charge in [-0.25, -0.2) is 0 Å². The molecule has 0 bridgehead atoms. The molecule has 0 aliphatic carbocycles. The van der Waals surface area contributed by atoms with Crippen molar-refractivity contribution in [3.8, 4) is 0 Å². The Morgan fingerprint density at radius 3 is 2.86 bits per heavy atom. The Morgan fingerprint density at radius 1 is 1.36 bits per heavy atom. The maximum atomic E-state index is 11.9. The van der Waals surface area contributed by atoms with Crippen LogP contribution >= 0.6 is 11.8 Å². The summed E-state index contributed by atoms with van der Waals surface area (Å²) in [7, 11) is 0. The molecule has 2 rings (SSSR count). The molecule has 1 nitrogen and oxygen atoms in total. The van der Waals surface area contributed by atoms with Crippen LogP contribution in [0, 0.1) is 0 Å². The van der Waals surface area contributed by atoms with Crippen LogP contribution in [0.15, 0.2) is 29.2 Å². The summed E-state index contributed by atoms with van der Waals surface area (Å²) in [5.41, 5.74) is 0.929. The maximum Gasteiger partial charge on any atom is 0.177 e. The van der Waals surface area contributed by atoms with Gasteiger partial charge in [-0.3, -0.25) is 4.79 Å². The van der Waals surface area contributed by atoms with E-state index in [0.29, 0.717) is 5.78 Å². The molecule has 0 aromatic heterocycles. The van der Waals surface area contributed by atoms with E-state index in [0.717, 1.165) is 18.4 Å². The molecule has 0 N–H and O–H groups in total. The number of Topliss-reactive ketones (excluding diaryl/α,β-unsaturated/α-hetero) is 1. The molecule has 14 heavy (non-hydrogen) atoms. The first-order valence-corrected chi connectivity index (χ1v) is 6.00. The summed E-state index contributed by atoms with van der Waals surface area (Å²) in [6.45, 7) is 2.16. The van der Waals surface area contributed by atoms with E-state index in [9.17, 15) is 4.79 Å². The van der Waals surface area contributed by atoms with Crippen LogP contribution in [0.2, 0.25) is 0 Å². The number of ketones is 1. The monoisotopic (exact) mass is 206 g/mol. The largest absolute Gasteiger partial charge is 0.293 e. The highest BCUT2D eigenvalue weighted by Gasteiger charge is 2.29. The van der Waals surface area contributed by atoms with Crippen LogP contribution in [-0.2, 0) is 0 Å². The summed E-state index contributed by atoms with van der Waals surface area (Å²) >= 11 is 1.73. The SMILES string of the molecule is CCCCC1Sc2ccccc2C1=O. The summed E-state index contributed by atoms with van der Waals surface area (Å²) in [5, 5.41) is 0.187. The van der Waals surface area contributed by atoms with Gasteiger partial charge in [0.05, 0.1) is 5.25 Å². The Labute approximate surface area is 88.9 Å². The van der Waals surface area contributed by atoms with Crippen molar-refractivity contribution in [3.05, 3.63) is 29.8 Å². The number of fused-ring (bicyclic) bond motifs is 1. The van der Waals surface area contributed by atoms with E-state index in [2.05, 4.69) is 6.92 Å². The first-order chi connectivity index (χ1) is 6.83. The van der Waals surface area contributed by atoms with E-state index in [1.165, 1.54) is 11.3 Å². The van der Waals surface area contributed by atoms with E-state index in [4.69, 9.17) is 0 Å². The second-order valence-electron chi connectivity index (χ2n) is 3.61. The highest BCUT2D eigenvalue weighted by atomic mass is 32.2. The van der Waals surface area contributed by atoms with Crippen LogP contribution < -0.4 is 0 Å². The summed E-state index contributed by atoms with van der Waals surface area (Å²) in [6.07, 6.45) is 3.34. The van der Waals surface area contributed by atoms with Crippen molar-refractivity contribution >= 4 is 17.5 Å². The first kappa shape index (κ1) is 9.78. The van der Waals surface area contributed by atoms with Crippen molar-refractivity contribution in [1.29, 1.82) is 0 Å². The number of rotatable bonds is 3. The average Bonchev–Trinajstić information content (AvgIpc) is 2.54. The van der Waals surface area contributed by atoms with Gasteiger partial charge in [-0.1, -0.05) is 38.0 Å². The van der Waals surface area contributed by atoms with Crippen LogP contribution in [0.3, 0.4) is 0 Å². The highest BCUT2D eigenvalue weighted by molar-refractivity contribution is 8.01. The van der Waals surface area contributed by atoms with Crippen molar-refractivity contribution in [3.63, 3.8) is 0 Å². The van der Waals surface area contributed by atoms with E-state index in [1.54, 1.807) is 11.8 Å². The third kappa shape index (κ3) is 1.71. The van der Waals surface area contributed by atoms with Crippen LogP contribution in [0.25, 0.3) is 0 Å². The van der Waals surface area contributed by atoms with Gasteiger partial charge in [-0.2, -0.15) is 0 Å². The normalized spacial score (nSPS) is 19.8. The Hall–Kier alpha value is -0.760. The molecule has 1 atom stereocenters.